The van der Waals surface area contributed by atoms with E-state index in [1.165, 1.54) is 0 Å². The molecule has 0 fully saturated rings. The zero-order chi connectivity index (χ0) is 14.1. The molecule has 1 rings (SSSR count). The summed E-state index contributed by atoms with van der Waals surface area (Å²) < 4.78 is 21.5. The van der Waals surface area contributed by atoms with Gasteiger partial charge < -0.3 is 18.9 Å². The molecule has 1 aromatic rings. The van der Waals surface area contributed by atoms with Crippen molar-refractivity contribution < 1.29 is 18.9 Å². The van der Waals surface area contributed by atoms with Gasteiger partial charge in [-0.3, -0.25) is 0 Å². The fourth-order valence-corrected chi connectivity index (χ4v) is 1.79. The van der Waals surface area contributed by atoms with Crippen molar-refractivity contribution in [2.75, 3.05) is 27.9 Å². The third kappa shape index (κ3) is 4.63. The monoisotopic (exact) mass is 267 g/mol. The lowest BCUT2D eigenvalue weighted by Crippen LogP contribution is -1.99. The number of rotatable bonds is 9. The topological polar surface area (TPSA) is 36.9 Å². The number of unbranched alkanes of at least 4 members (excludes halogenated alkanes) is 2. The van der Waals surface area contributed by atoms with Crippen LogP contribution in [0.15, 0.2) is 12.1 Å². The van der Waals surface area contributed by atoms with E-state index in [9.17, 15) is 0 Å². The summed E-state index contributed by atoms with van der Waals surface area (Å²) in [6.07, 6.45) is 3.08. The standard InChI is InChI=1S/C15H23O4/c1-5-6-7-8-19-11-12-9-13(16-2)15(18-4)14(10-12)17-3/h9-10H,1,5-8,11H2,2-4H3. The lowest BCUT2D eigenvalue weighted by molar-refractivity contribution is 0.117. The molecule has 0 atom stereocenters. The minimum absolute atomic E-state index is 0.536. The predicted octanol–water partition coefficient (Wildman–Crippen LogP) is 3.23. The third-order valence-corrected chi connectivity index (χ3v) is 2.78. The maximum Gasteiger partial charge on any atom is 0.203 e. The predicted molar refractivity (Wildman–Crippen MR) is 75.0 cm³/mol. The molecule has 0 heterocycles. The molecule has 4 heteroatoms. The van der Waals surface area contributed by atoms with E-state index < -0.39 is 0 Å². The van der Waals surface area contributed by atoms with Crippen molar-refractivity contribution in [3.8, 4) is 17.2 Å². The van der Waals surface area contributed by atoms with Crippen molar-refractivity contribution in [2.24, 2.45) is 0 Å². The number of methoxy groups -OCH3 is 3. The summed E-state index contributed by atoms with van der Waals surface area (Å²) >= 11 is 0. The van der Waals surface area contributed by atoms with Crippen molar-refractivity contribution in [1.82, 2.24) is 0 Å². The maximum absolute atomic E-state index is 5.61. The van der Waals surface area contributed by atoms with Crippen LogP contribution >= 0.6 is 0 Å². The molecule has 107 valence electrons. The summed E-state index contributed by atoms with van der Waals surface area (Å²) in [5.41, 5.74) is 1.00. The number of hydrogen-bond acceptors (Lipinski definition) is 4. The molecule has 1 aromatic carbocycles. The van der Waals surface area contributed by atoms with Gasteiger partial charge in [-0.05, 0) is 24.1 Å². The van der Waals surface area contributed by atoms with Crippen LogP contribution in [-0.2, 0) is 11.3 Å². The first kappa shape index (κ1) is 15.6. The van der Waals surface area contributed by atoms with Gasteiger partial charge in [-0.15, -0.1) is 0 Å². The fraction of sp³-hybridized carbons (Fsp3) is 0.533. The van der Waals surface area contributed by atoms with Crippen molar-refractivity contribution in [2.45, 2.75) is 25.9 Å². The smallest absolute Gasteiger partial charge is 0.203 e. The molecule has 1 radical (unpaired) electrons. The van der Waals surface area contributed by atoms with Crippen LogP contribution < -0.4 is 14.2 Å². The Bertz CT molecular complexity index is 351. The Morgan fingerprint density at radius 2 is 1.58 bits per heavy atom. The highest BCUT2D eigenvalue weighted by Gasteiger charge is 2.12. The molecule has 0 unspecified atom stereocenters. The fourth-order valence-electron chi connectivity index (χ4n) is 1.79. The highest BCUT2D eigenvalue weighted by Crippen LogP contribution is 2.38. The molecular formula is C15H23O4. The Hall–Kier alpha value is -1.42. The molecule has 0 spiro atoms. The van der Waals surface area contributed by atoms with Gasteiger partial charge in [0.2, 0.25) is 5.75 Å². The first-order valence-electron chi connectivity index (χ1n) is 6.42. The quantitative estimate of drug-likeness (QED) is 0.644. The van der Waals surface area contributed by atoms with Gasteiger partial charge in [-0.2, -0.15) is 0 Å². The van der Waals surface area contributed by atoms with Crippen LogP contribution in [0.2, 0.25) is 0 Å². The largest absolute Gasteiger partial charge is 0.493 e. The molecule has 19 heavy (non-hydrogen) atoms. The lowest BCUT2D eigenvalue weighted by Gasteiger charge is -2.14. The Labute approximate surface area is 115 Å². The summed E-state index contributed by atoms with van der Waals surface area (Å²) in [7, 11) is 4.81. The highest BCUT2D eigenvalue weighted by molar-refractivity contribution is 5.53. The van der Waals surface area contributed by atoms with E-state index in [2.05, 4.69) is 6.92 Å². The molecule has 0 N–H and O–H groups in total. The minimum atomic E-state index is 0.536. The van der Waals surface area contributed by atoms with E-state index in [4.69, 9.17) is 18.9 Å². The average molecular weight is 267 g/mol. The van der Waals surface area contributed by atoms with Crippen molar-refractivity contribution in [3.05, 3.63) is 24.6 Å². The molecule has 0 aliphatic heterocycles. The van der Waals surface area contributed by atoms with Gasteiger partial charge in [0.1, 0.15) is 0 Å². The maximum atomic E-state index is 5.61. The van der Waals surface area contributed by atoms with E-state index in [-0.39, 0.29) is 0 Å². The van der Waals surface area contributed by atoms with E-state index in [0.717, 1.165) is 31.4 Å². The molecule has 4 nitrogen and oxygen atoms in total. The first-order chi connectivity index (χ1) is 9.26. The average Bonchev–Trinajstić information content (AvgIpc) is 2.45. The van der Waals surface area contributed by atoms with E-state index in [0.29, 0.717) is 23.9 Å². The van der Waals surface area contributed by atoms with Gasteiger partial charge in [0.15, 0.2) is 11.5 Å². The zero-order valence-electron chi connectivity index (χ0n) is 12.0. The Morgan fingerprint density at radius 1 is 0.947 bits per heavy atom. The van der Waals surface area contributed by atoms with Crippen LogP contribution in [0, 0.1) is 6.92 Å². The Kier molecular flexibility index (Phi) is 7.11. The van der Waals surface area contributed by atoms with Crippen LogP contribution in [0.5, 0.6) is 17.2 Å². The van der Waals surface area contributed by atoms with Gasteiger partial charge in [0.25, 0.3) is 0 Å². The second-order valence-corrected chi connectivity index (χ2v) is 4.15. The molecule has 0 aromatic heterocycles. The van der Waals surface area contributed by atoms with Crippen molar-refractivity contribution >= 4 is 0 Å². The SMILES string of the molecule is [CH2]CCCCOCc1cc(OC)c(OC)c(OC)c1. The van der Waals surface area contributed by atoms with Gasteiger partial charge in [-0.25, -0.2) is 0 Å². The Morgan fingerprint density at radius 3 is 2.05 bits per heavy atom. The van der Waals surface area contributed by atoms with Crippen molar-refractivity contribution in [3.63, 3.8) is 0 Å². The molecule has 0 saturated heterocycles. The summed E-state index contributed by atoms with van der Waals surface area (Å²) in [5, 5.41) is 0. The molecule has 0 bridgehead atoms. The summed E-state index contributed by atoms with van der Waals surface area (Å²) in [6, 6.07) is 3.81. The second kappa shape index (κ2) is 8.64. The van der Waals surface area contributed by atoms with Gasteiger partial charge >= 0.3 is 0 Å². The number of ether oxygens (including phenoxy) is 4. The van der Waals surface area contributed by atoms with Crippen LogP contribution in [0.4, 0.5) is 0 Å². The van der Waals surface area contributed by atoms with Crippen LogP contribution in [-0.4, -0.2) is 27.9 Å². The van der Waals surface area contributed by atoms with Crippen LogP contribution in [0.3, 0.4) is 0 Å². The molecule has 0 aliphatic carbocycles. The molecule has 0 saturated carbocycles. The van der Waals surface area contributed by atoms with Gasteiger partial charge in [0.05, 0.1) is 27.9 Å². The third-order valence-electron chi connectivity index (χ3n) is 2.78. The second-order valence-electron chi connectivity index (χ2n) is 4.15. The van der Waals surface area contributed by atoms with E-state index >= 15 is 0 Å². The lowest BCUT2D eigenvalue weighted by atomic mass is 10.2. The zero-order valence-corrected chi connectivity index (χ0v) is 12.0. The van der Waals surface area contributed by atoms with Crippen LogP contribution in [0.25, 0.3) is 0 Å². The minimum Gasteiger partial charge on any atom is -0.493 e. The van der Waals surface area contributed by atoms with Crippen molar-refractivity contribution in [1.29, 1.82) is 0 Å². The van der Waals surface area contributed by atoms with Gasteiger partial charge in [0, 0.05) is 6.61 Å². The highest BCUT2D eigenvalue weighted by atomic mass is 16.5. The first-order valence-corrected chi connectivity index (χ1v) is 6.42. The Balaban J connectivity index is 2.68. The summed E-state index contributed by atoms with van der Waals surface area (Å²) in [4.78, 5) is 0. The van der Waals surface area contributed by atoms with Crippen LogP contribution in [0.1, 0.15) is 24.8 Å². The van der Waals surface area contributed by atoms with E-state index in [1.807, 2.05) is 12.1 Å². The molecule has 0 aliphatic rings. The molecular weight excluding hydrogens is 244 g/mol. The summed E-state index contributed by atoms with van der Waals surface area (Å²) in [6.45, 7) is 5.08. The number of hydrogen-bond donors (Lipinski definition) is 0. The normalized spacial score (nSPS) is 10.3. The van der Waals surface area contributed by atoms with E-state index in [1.54, 1.807) is 21.3 Å². The molecule has 0 amide bonds. The van der Waals surface area contributed by atoms with Gasteiger partial charge in [-0.1, -0.05) is 19.8 Å². The summed E-state index contributed by atoms with van der Waals surface area (Å²) in [5.74, 6) is 1.90. The number of benzene rings is 1.